The van der Waals surface area contributed by atoms with E-state index >= 15 is 0 Å². The van der Waals surface area contributed by atoms with Crippen LogP contribution >= 0.6 is 11.8 Å². The standard InChI is InChI=1S/C20H21N5O3S/c1-4-9-25-19(14-5-7-21-8-6-14)23-24-20(25)29-13-18(26)22-15-10-16(27-2)12-17(11-15)28-3/h4-8,10-12H,1,9,13H2,2-3H3,(H,22,26). The number of rotatable bonds is 9. The van der Waals surface area contributed by atoms with E-state index in [0.29, 0.717) is 34.7 Å². The maximum absolute atomic E-state index is 12.4. The van der Waals surface area contributed by atoms with Crippen molar-refractivity contribution in [1.82, 2.24) is 19.7 Å². The molecule has 0 aliphatic rings. The van der Waals surface area contributed by atoms with Gasteiger partial charge in [0.05, 0.1) is 20.0 Å². The number of hydrogen-bond acceptors (Lipinski definition) is 7. The van der Waals surface area contributed by atoms with E-state index in [9.17, 15) is 4.79 Å². The van der Waals surface area contributed by atoms with Gasteiger partial charge in [-0.2, -0.15) is 0 Å². The predicted molar refractivity (Wildman–Crippen MR) is 112 cm³/mol. The Labute approximate surface area is 173 Å². The quantitative estimate of drug-likeness (QED) is 0.427. The maximum Gasteiger partial charge on any atom is 0.234 e. The number of pyridine rings is 1. The number of allylic oxidation sites excluding steroid dienone is 1. The Hall–Kier alpha value is -3.33. The lowest BCUT2D eigenvalue weighted by molar-refractivity contribution is -0.113. The number of carbonyl (C=O) groups is 1. The van der Waals surface area contributed by atoms with Gasteiger partial charge in [-0.1, -0.05) is 17.8 Å². The number of nitrogens with zero attached hydrogens (tertiary/aromatic N) is 4. The first-order valence-electron chi connectivity index (χ1n) is 8.74. The van der Waals surface area contributed by atoms with Gasteiger partial charge in [0, 0.05) is 48.4 Å². The fourth-order valence-corrected chi connectivity index (χ4v) is 3.36. The molecule has 2 aromatic heterocycles. The number of nitrogens with one attached hydrogen (secondary N) is 1. The Balaban J connectivity index is 1.70. The Morgan fingerprint density at radius 1 is 1.17 bits per heavy atom. The van der Waals surface area contributed by atoms with Crippen LogP contribution in [0.25, 0.3) is 11.4 Å². The van der Waals surface area contributed by atoms with Crippen molar-refractivity contribution >= 4 is 23.4 Å². The van der Waals surface area contributed by atoms with Crippen molar-refractivity contribution in [1.29, 1.82) is 0 Å². The Bertz CT molecular complexity index is 969. The molecule has 0 aliphatic heterocycles. The molecule has 0 unspecified atom stereocenters. The van der Waals surface area contributed by atoms with Crippen molar-refractivity contribution < 1.29 is 14.3 Å². The second-order valence-corrected chi connectivity index (χ2v) is 6.82. The molecular formula is C20H21N5O3S. The van der Waals surface area contributed by atoms with Gasteiger partial charge in [0.1, 0.15) is 11.5 Å². The van der Waals surface area contributed by atoms with Crippen molar-refractivity contribution in [2.45, 2.75) is 11.7 Å². The van der Waals surface area contributed by atoms with Crippen LogP contribution in [0.15, 0.2) is 60.5 Å². The summed E-state index contributed by atoms with van der Waals surface area (Å²) < 4.78 is 12.4. The summed E-state index contributed by atoms with van der Waals surface area (Å²) in [5.74, 6) is 1.89. The molecule has 0 fully saturated rings. The van der Waals surface area contributed by atoms with E-state index in [1.807, 2.05) is 16.7 Å². The van der Waals surface area contributed by atoms with Gasteiger partial charge in [-0.3, -0.25) is 14.3 Å². The lowest BCUT2D eigenvalue weighted by Gasteiger charge is -2.10. The second kappa shape index (κ2) is 9.74. The van der Waals surface area contributed by atoms with E-state index in [1.54, 1.807) is 50.9 Å². The minimum atomic E-state index is -0.177. The first-order valence-corrected chi connectivity index (χ1v) is 9.73. The summed E-state index contributed by atoms with van der Waals surface area (Å²) in [5.41, 5.74) is 1.49. The highest BCUT2D eigenvalue weighted by Crippen LogP contribution is 2.27. The fraction of sp³-hybridized carbons (Fsp3) is 0.200. The van der Waals surface area contributed by atoms with Gasteiger partial charge in [-0.05, 0) is 12.1 Å². The molecular weight excluding hydrogens is 390 g/mol. The van der Waals surface area contributed by atoms with Crippen LogP contribution in [0, 0.1) is 0 Å². The lowest BCUT2D eigenvalue weighted by Crippen LogP contribution is -2.15. The summed E-state index contributed by atoms with van der Waals surface area (Å²) in [6.07, 6.45) is 5.16. The van der Waals surface area contributed by atoms with Crippen molar-refractivity contribution in [3.63, 3.8) is 0 Å². The van der Waals surface area contributed by atoms with Crippen molar-refractivity contribution in [2.75, 3.05) is 25.3 Å². The molecule has 0 bridgehead atoms. The zero-order chi connectivity index (χ0) is 20.6. The first-order chi connectivity index (χ1) is 14.1. The summed E-state index contributed by atoms with van der Waals surface area (Å²) >= 11 is 1.30. The van der Waals surface area contributed by atoms with E-state index in [1.165, 1.54) is 11.8 Å². The van der Waals surface area contributed by atoms with E-state index in [0.717, 1.165) is 5.56 Å². The number of amides is 1. The summed E-state index contributed by atoms with van der Waals surface area (Å²) in [6.45, 7) is 4.32. The lowest BCUT2D eigenvalue weighted by atomic mass is 10.2. The van der Waals surface area contributed by atoms with E-state index < -0.39 is 0 Å². The van der Waals surface area contributed by atoms with Gasteiger partial charge in [-0.15, -0.1) is 16.8 Å². The molecule has 0 atom stereocenters. The third-order valence-corrected chi connectivity index (χ3v) is 4.90. The number of carbonyl (C=O) groups excluding carboxylic acids is 1. The molecule has 2 heterocycles. The fourth-order valence-electron chi connectivity index (χ4n) is 2.61. The molecule has 1 N–H and O–H groups in total. The summed E-state index contributed by atoms with van der Waals surface area (Å²) in [6, 6.07) is 8.92. The summed E-state index contributed by atoms with van der Waals surface area (Å²) in [5, 5.41) is 12.0. The molecule has 0 spiro atoms. The minimum absolute atomic E-state index is 0.172. The van der Waals surface area contributed by atoms with Crippen molar-refractivity contribution in [2.24, 2.45) is 0 Å². The van der Waals surface area contributed by atoms with Crippen LogP contribution < -0.4 is 14.8 Å². The summed E-state index contributed by atoms with van der Waals surface area (Å²) in [4.78, 5) is 16.5. The highest BCUT2D eigenvalue weighted by atomic mass is 32.2. The molecule has 29 heavy (non-hydrogen) atoms. The Kier molecular flexibility index (Phi) is 6.85. The molecule has 1 aromatic carbocycles. The number of anilines is 1. The molecule has 0 aliphatic carbocycles. The molecule has 0 saturated carbocycles. The van der Waals surface area contributed by atoms with Crippen molar-refractivity contribution in [3.05, 3.63) is 55.4 Å². The minimum Gasteiger partial charge on any atom is -0.497 e. The Morgan fingerprint density at radius 3 is 2.48 bits per heavy atom. The number of benzene rings is 1. The van der Waals surface area contributed by atoms with Gasteiger partial charge in [0.15, 0.2) is 11.0 Å². The normalized spacial score (nSPS) is 10.4. The molecule has 1 amide bonds. The zero-order valence-corrected chi connectivity index (χ0v) is 17.0. The molecule has 0 radical (unpaired) electrons. The van der Waals surface area contributed by atoms with E-state index in [-0.39, 0.29) is 11.7 Å². The van der Waals surface area contributed by atoms with Crippen LogP contribution in [0.3, 0.4) is 0 Å². The Morgan fingerprint density at radius 2 is 1.86 bits per heavy atom. The third kappa shape index (κ3) is 5.14. The van der Waals surface area contributed by atoms with Crippen LogP contribution in [-0.4, -0.2) is 45.6 Å². The SMILES string of the molecule is C=CCn1c(SCC(=O)Nc2cc(OC)cc(OC)c2)nnc1-c1ccncc1. The van der Waals surface area contributed by atoms with Crippen molar-refractivity contribution in [3.8, 4) is 22.9 Å². The zero-order valence-electron chi connectivity index (χ0n) is 16.2. The topological polar surface area (TPSA) is 91.2 Å². The van der Waals surface area contributed by atoms with Crippen LogP contribution in [-0.2, 0) is 11.3 Å². The van der Waals surface area contributed by atoms with E-state index in [4.69, 9.17) is 9.47 Å². The summed E-state index contributed by atoms with van der Waals surface area (Å²) in [7, 11) is 3.12. The number of aromatic nitrogens is 4. The van der Waals surface area contributed by atoms with Gasteiger partial charge in [0.2, 0.25) is 5.91 Å². The molecule has 3 aromatic rings. The van der Waals surface area contributed by atoms with Crippen LogP contribution in [0.5, 0.6) is 11.5 Å². The largest absolute Gasteiger partial charge is 0.497 e. The molecule has 0 saturated heterocycles. The van der Waals surface area contributed by atoms with Crippen LogP contribution in [0.4, 0.5) is 5.69 Å². The monoisotopic (exact) mass is 411 g/mol. The van der Waals surface area contributed by atoms with E-state index in [2.05, 4.69) is 27.1 Å². The number of methoxy groups -OCH3 is 2. The first kappa shape index (κ1) is 20.4. The average Bonchev–Trinajstić information content (AvgIpc) is 3.15. The predicted octanol–water partition coefficient (Wildman–Crippen LogP) is 3.27. The molecule has 8 nitrogen and oxygen atoms in total. The van der Waals surface area contributed by atoms with Crippen LogP contribution in [0.2, 0.25) is 0 Å². The molecule has 9 heteroatoms. The second-order valence-electron chi connectivity index (χ2n) is 5.88. The maximum atomic E-state index is 12.4. The highest BCUT2D eigenvalue weighted by molar-refractivity contribution is 7.99. The van der Waals surface area contributed by atoms with Gasteiger partial charge >= 0.3 is 0 Å². The van der Waals surface area contributed by atoms with Crippen LogP contribution in [0.1, 0.15) is 0 Å². The van der Waals surface area contributed by atoms with Gasteiger partial charge in [-0.25, -0.2) is 0 Å². The number of ether oxygens (including phenoxy) is 2. The number of thioether (sulfide) groups is 1. The van der Waals surface area contributed by atoms with Gasteiger partial charge in [0.25, 0.3) is 0 Å². The molecule has 150 valence electrons. The smallest absolute Gasteiger partial charge is 0.234 e. The van der Waals surface area contributed by atoms with Gasteiger partial charge < -0.3 is 14.8 Å². The average molecular weight is 411 g/mol. The third-order valence-electron chi connectivity index (χ3n) is 3.93. The highest BCUT2D eigenvalue weighted by Gasteiger charge is 2.15. The number of hydrogen-bond donors (Lipinski definition) is 1. The molecule has 3 rings (SSSR count).